The summed E-state index contributed by atoms with van der Waals surface area (Å²) in [6.07, 6.45) is 9.57. The number of amides is 2. The number of aliphatic hydroxyl groups excluding tert-OH is 1. The zero-order valence-electron chi connectivity index (χ0n) is 23.2. The van der Waals surface area contributed by atoms with Crippen LogP contribution in [0.15, 0.2) is 48.6 Å². The lowest BCUT2D eigenvalue weighted by molar-refractivity contribution is -0.154. The number of anilines is 2. The summed E-state index contributed by atoms with van der Waals surface area (Å²) < 4.78 is 3.99. The maximum absolute atomic E-state index is 14.5. The van der Waals surface area contributed by atoms with E-state index in [4.69, 9.17) is 4.74 Å². The van der Waals surface area contributed by atoms with Gasteiger partial charge in [0.15, 0.2) is 0 Å². The zero-order valence-corrected chi connectivity index (χ0v) is 24.0. The maximum Gasteiger partial charge on any atom is 0.311 e. The molecule has 6 atom stereocenters. The number of nitrogens with zero attached hydrogens (tertiary/aromatic N) is 3. The molecule has 8 nitrogen and oxygen atoms in total. The van der Waals surface area contributed by atoms with Gasteiger partial charge in [-0.15, -0.1) is 11.8 Å². The fourth-order valence-electron chi connectivity index (χ4n) is 6.80. The van der Waals surface area contributed by atoms with Gasteiger partial charge >= 0.3 is 5.97 Å². The van der Waals surface area contributed by atoms with Crippen molar-refractivity contribution in [1.82, 2.24) is 4.90 Å². The van der Waals surface area contributed by atoms with Crippen molar-refractivity contribution in [2.75, 3.05) is 42.6 Å². The summed E-state index contributed by atoms with van der Waals surface area (Å²) in [5.41, 5.74) is 1.84. The second-order valence-corrected chi connectivity index (χ2v) is 12.8. The largest absolute Gasteiger partial charge is 0.465 e. The summed E-state index contributed by atoms with van der Waals surface area (Å²) in [5.74, 6) is -2.37. The van der Waals surface area contributed by atoms with Crippen LogP contribution in [0.2, 0.25) is 0 Å². The molecule has 1 aromatic rings. The van der Waals surface area contributed by atoms with Gasteiger partial charge < -0.3 is 24.5 Å². The quantitative estimate of drug-likeness (QED) is 0.427. The van der Waals surface area contributed by atoms with E-state index in [-0.39, 0.29) is 18.4 Å². The standard InChI is InChI=1S/C30H39N3O5S/c1-5-31(6-2)21-11-13-22(14-12-21)32-17-10-16-30-23(26(35)33(20(3)19-34)25(30)27(32)36)24-28(37)38-18-9-7-8-15-29(24,4)39-30/h8,10-16,20,23-25,34H,5-7,9,17-19H2,1-4H3/b15-8-/t20-,23+,24-,25?,29+,30+/m1/s1. The summed E-state index contributed by atoms with van der Waals surface area (Å²) >= 11 is 1.52. The second-order valence-electron chi connectivity index (χ2n) is 11.0. The lowest BCUT2D eigenvalue weighted by atomic mass is 9.74. The molecule has 1 unspecified atom stereocenters. The van der Waals surface area contributed by atoms with Crippen molar-refractivity contribution < 1.29 is 24.2 Å². The molecule has 1 N–H and O–H groups in total. The van der Waals surface area contributed by atoms with E-state index in [0.717, 1.165) is 37.3 Å². The number of ether oxygens (including phenoxy) is 1. The number of hydrogen-bond donors (Lipinski definition) is 1. The average molecular weight is 554 g/mol. The number of rotatable bonds is 6. The van der Waals surface area contributed by atoms with Crippen molar-refractivity contribution >= 4 is 40.9 Å². The maximum atomic E-state index is 14.5. The third-order valence-corrected chi connectivity index (χ3v) is 10.5. The van der Waals surface area contributed by atoms with Crippen LogP contribution < -0.4 is 9.80 Å². The molecule has 4 aliphatic rings. The molecule has 5 rings (SSSR count). The lowest BCUT2D eigenvalue weighted by Crippen LogP contribution is -2.56. The minimum atomic E-state index is -0.963. The van der Waals surface area contributed by atoms with Crippen LogP contribution in [0.4, 0.5) is 11.4 Å². The van der Waals surface area contributed by atoms with Crippen LogP contribution in [-0.4, -0.2) is 82.2 Å². The lowest BCUT2D eigenvalue weighted by Gasteiger charge is -2.38. The van der Waals surface area contributed by atoms with E-state index in [1.54, 1.807) is 11.8 Å². The van der Waals surface area contributed by atoms with Gasteiger partial charge in [0.25, 0.3) is 5.91 Å². The molecular weight excluding hydrogens is 514 g/mol. The van der Waals surface area contributed by atoms with Crippen molar-refractivity contribution in [1.29, 1.82) is 0 Å². The van der Waals surface area contributed by atoms with Crippen molar-refractivity contribution in [3.63, 3.8) is 0 Å². The molecule has 0 radical (unpaired) electrons. The summed E-state index contributed by atoms with van der Waals surface area (Å²) in [5, 5.41) is 10.1. The second kappa shape index (κ2) is 10.7. The van der Waals surface area contributed by atoms with Crippen LogP contribution in [-0.2, 0) is 19.1 Å². The fourth-order valence-corrected chi connectivity index (χ4v) is 8.94. The SMILES string of the molecule is CCN(CC)c1ccc(N2CC=C[C@]34S[C@@]5(C)/C=C\CCCOC(=O)[C@H]5[C@H]3C(=O)N([C@H](C)CO)C4C2=O)cc1. The van der Waals surface area contributed by atoms with Crippen LogP contribution in [0, 0.1) is 11.8 Å². The zero-order chi connectivity index (χ0) is 27.9. The third-order valence-electron chi connectivity index (χ3n) is 8.72. The van der Waals surface area contributed by atoms with Gasteiger partial charge in [0, 0.05) is 35.8 Å². The van der Waals surface area contributed by atoms with Gasteiger partial charge in [-0.3, -0.25) is 14.4 Å². The summed E-state index contributed by atoms with van der Waals surface area (Å²) in [4.78, 5) is 47.7. The fraction of sp³-hybridized carbons (Fsp3) is 0.567. The number of aliphatic hydroxyl groups is 1. The normalized spacial score (nSPS) is 33.8. The van der Waals surface area contributed by atoms with E-state index in [1.807, 2.05) is 49.4 Å². The minimum Gasteiger partial charge on any atom is -0.465 e. The Bertz CT molecular complexity index is 1180. The predicted molar refractivity (Wildman–Crippen MR) is 154 cm³/mol. The summed E-state index contributed by atoms with van der Waals surface area (Å²) in [7, 11) is 0. The van der Waals surface area contributed by atoms with Crippen molar-refractivity contribution in [3.8, 4) is 0 Å². The van der Waals surface area contributed by atoms with Gasteiger partial charge in [-0.25, -0.2) is 0 Å². The van der Waals surface area contributed by atoms with Crippen molar-refractivity contribution in [2.45, 2.75) is 62.1 Å². The predicted octanol–water partition coefficient (Wildman–Crippen LogP) is 3.40. The molecule has 0 aromatic heterocycles. The first-order valence-electron chi connectivity index (χ1n) is 14.0. The Labute approximate surface area is 235 Å². The highest BCUT2D eigenvalue weighted by molar-refractivity contribution is 8.02. The van der Waals surface area contributed by atoms with Gasteiger partial charge in [-0.05, 0) is 64.8 Å². The molecule has 2 saturated heterocycles. The Balaban J connectivity index is 1.59. The van der Waals surface area contributed by atoms with E-state index in [0.29, 0.717) is 13.2 Å². The van der Waals surface area contributed by atoms with Gasteiger partial charge in [0.1, 0.15) is 6.04 Å². The van der Waals surface area contributed by atoms with E-state index < -0.39 is 39.4 Å². The number of thioether (sulfide) groups is 1. The Kier molecular flexibility index (Phi) is 7.59. The number of benzene rings is 1. The third kappa shape index (κ3) is 4.38. The number of esters is 1. The van der Waals surface area contributed by atoms with Gasteiger partial charge in [0.05, 0.1) is 35.8 Å². The number of likely N-dealkylation sites (tertiary alicyclic amines) is 1. The topological polar surface area (TPSA) is 90.4 Å². The van der Waals surface area contributed by atoms with E-state index in [2.05, 4.69) is 24.8 Å². The van der Waals surface area contributed by atoms with E-state index in [1.165, 1.54) is 16.7 Å². The van der Waals surface area contributed by atoms with Crippen LogP contribution in [0.25, 0.3) is 0 Å². The van der Waals surface area contributed by atoms with Crippen LogP contribution in [0.3, 0.4) is 0 Å². The Morgan fingerprint density at radius 1 is 1.08 bits per heavy atom. The van der Waals surface area contributed by atoms with Crippen LogP contribution in [0.5, 0.6) is 0 Å². The first kappa shape index (κ1) is 27.8. The molecule has 9 heteroatoms. The van der Waals surface area contributed by atoms with E-state index >= 15 is 0 Å². The molecule has 210 valence electrons. The molecule has 0 aliphatic carbocycles. The number of carbonyl (C=O) groups is 3. The van der Waals surface area contributed by atoms with E-state index in [9.17, 15) is 19.5 Å². The Morgan fingerprint density at radius 3 is 2.46 bits per heavy atom. The molecule has 2 fully saturated rings. The molecule has 0 bridgehead atoms. The molecule has 1 spiro atoms. The molecule has 4 aliphatic heterocycles. The van der Waals surface area contributed by atoms with Crippen LogP contribution >= 0.6 is 11.8 Å². The number of allylic oxidation sites excluding steroid dienone is 1. The number of fused-ring (bicyclic) bond motifs is 2. The summed E-state index contributed by atoms with van der Waals surface area (Å²) in [6.45, 7) is 10.1. The van der Waals surface area contributed by atoms with Gasteiger partial charge in [-0.1, -0.05) is 24.3 Å². The Morgan fingerprint density at radius 2 is 1.79 bits per heavy atom. The highest BCUT2D eigenvalue weighted by atomic mass is 32.2. The number of carbonyl (C=O) groups excluding carboxylic acids is 3. The Hall–Kier alpha value is -2.78. The molecule has 0 saturated carbocycles. The van der Waals surface area contributed by atoms with Crippen molar-refractivity contribution in [3.05, 3.63) is 48.6 Å². The molecule has 2 amide bonds. The highest BCUT2D eigenvalue weighted by Gasteiger charge is 2.74. The van der Waals surface area contributed by atoms with Gasteiger partial charge in [0.2, 0.25) is 5.91 Å². The monoisotopic (exact) mass is 553 g/mol. The first-order chi connectivity index (χ1) is 18.7. The molecule has 1 aromatic carbocycles. The molecule has 4 heterocycles. The molecular formula is C30H39N3O5S. The first-order valence-corrected chi connectivity index (χ1v) is 14.9. The average Bonchev–Trinajstić information content (AvgIpc) is 3.29. The van der Waals surface area contributed by atoms with Gasteiger partial charge in [-0.2, -0.15) is 0 Å². The van der Waals surface area contributed by atoms with Crippen molar-refractivity contribution in [2.24, 2.45) is 11.8 Å². The number of cyclic esters (lactones) is 1. The highest BCUT2D eigenvalue weighted by Crippen LogP contribution is 2.65. The smallest absolute Gasteiger partial charge is 0.311 e. The molecule has 39 heavy (non-hydrogen) atoms. The van der Waals surface area contributed by atoms with Crippen LogP contribution in [0.1, 0.15) is 40.5 Å². The number of hydrogen-bond acceptors (Lipinski definition) is 7. The summed E-state index contributed by atoms with van der Waals surface area (Å²) in [6, 6.07) is 6.50. The minimum absolute atomic E-state index is 0.202.